The molecule has 8 heteroatoms. The highest BCUT2D eigenvalue weighted by molar-refractivity contribution is 7.98. The van der Waals surface area contributed by atoms with Crippen molar-refractivity contribution in [3.63, 3.8) is 0 Å². The maximum Gasteiger partial charge on any atom is 0.287 e. The van der Waals surface area contributed by atoms with Crippen molar-refractivity contribution in [1.29, 1.82) is 0 Å². The summed E-state index contributed by atoms with van der Waals surface area (Å²) >= 11 is 0.399. The molecule has 108 valence electrons. The molecule has 0 bridgehead atoms. The average molecular weight is 295 g/mol. The van der Waals surface area contributed by atoms with Crippen LogP contribution in [0.1, 0.15) is 23.2 Å². The van der Waals surface area contributed by atoms with Gasteiger partial charge in [-0.3, -0.25) is 4.79 Å². The van der Waals surface area contributed by atoms with Crippen molar-refractivity contribution in [2.75, 3.05) is 13.2 Å². The Hall–Kier alpha value is -1.12. The minimum atomic E-state index is -2.50. The molecule has 5 nitrogen and oxygen atoms in total. The number of aliphatic hydroxyl groups is 2. The van der Waals surface area contributed by atoms with E-state index in [0.29, 0.717) is 11.8 Å². The predicted octanol–water partition coefficient (Wildman–Crippen LogP) is 1.21. The van der Waals surface area contributed by atoms with Gasteiger partial charge in [0.05, 0.1) is 12.4 Å². The fraction of sp³-hybridized carbons (Fsp3) is 0.545. The van der Waals surface area contributed by atoms with Crippen molar-refractivity contribution in [3.8, 4) is 0 Å². The Balaban J connectivity index is 2.49. The molecule has 1 unspecified atom stereocenters. The topological polar surface area (TPSA) is 82.7 Å². The zero-order valence-corrected chi connectivity index (χ0v) is 11.0. The van der Waals surface area contributed by atoms with Crippen LogP contribution in [0.15, 0.2) is 16.5 Å². The fourth-order valence-corrected chi connectivity index (χ4v) is 1.58. The lowest BCUT2D eigenvalue weighted by atomic mass is 10.1. The molecular formula is C11H15F2NO4S. The first kappa shape index (κ1) is 15.9. The molecule has 1 amide bonds. The highest BCUT2D eigenvalue weighted by Gasteiger charge is 2.21. The van der Waals surface area contributed by atoms with Crippen molar-refractivity contribution >= 4 is 17.7 Å². The third-order valence-electron chi connectivity index (χ3n) is 2.21. The van der Waals surface area contributed by atoms with Crippen molar-refractivity contribution in [3.05, 3.63) is 23.7 Å². The van der Waals surface area contributed by atoms with Gasteiger partial charge in [-0.1, -0.05) is 11.8 Å². The van der Waals surface area contributed by atoms with Gasteiger partial charge in [-0.15, -0.1) is 0 Å². The van der Waals surface area contributed by atoms with Crippen molar-refractivity contribution in [2.24, 2.45) is 0 Å². The molecular weight excluding hydrogens is 280 g/mol. The van der Waals surface area contributed by atoms with Crippen LogP contribution in [0.25, 0.3) is 0 Å². The zero-order valence-electron chi connectivity index (χ0n) is 10.2. The zero-order chi connectivity index (χ0) is 14.5. The summed E-state index contributed by atoms with van der Waals surface area (Å²) in [6.45, 7) is 0.714. The van der Waals surface area contributed by atoms with Gasteiger partial charge in [0.25, 0.3) is 11.7 Å². The molecule has 0 aromatic carbocycles. The van der Waals surface area contributed by atoms with Crippen LogP contribution in [0.5, 0.6) is 0 Å². The summed E-state index contributed by atoms with van der Waals surface area (Å²) in [7, 11) is 0. The summed E-state index contributed by atoms with van der Waals surface area (Å²) < 4.78 is 29.0. The summed E-state index contributed by atoms with van der Waals surface area (Å²) in [5.41, 5.74) is -1.42. The van der Waals surface area contributed by atoms with Gasteiger partial charge in [-0.05, 0) is 19.1 Å². The Morgan fingerprint density at radius 2 is 2.26 bits per heavy atom. The third-order valence-corrected chi connectivity index (χ3v) is 2.91. The number of furan rings is 1. The van der Waals surface area contributed by atoms with Crippen molar-refractivity contribution in [1.82, 2.24) is 5.32 Å². The van der Waals surface area contributed by atoms with Gasteiger partial charge in [0.1, 0.15) is 11.4 Å². The van der Waals surface area contributed by atoms with E-state index in [-0.39, 0.29) is 23.8 Å². The van der Waals surface area contributed by atoms with E-state index in [1.54, 1.807) is 0 Å². The van der Waals surface area contributed by atoms with Gasteiger partial charge in [0.2, 0.25) is 0 Å². The van der Waals surface area contributed by atoms with Gasteiger partial charge in [-0.25, -0.2) is 0 Å². The van der Waals surface area contributed by atoms with E-state index in [2.05, 4.69) is 5.32 Å². The minimum absolute atomic E-state index is 0.0285. The second kappa shape index (κ2) is 6.88. The van der Waals surface area contributed by atoms with Crippen LogP contribution in [0.3, 0.4) is 0 Å². The highest BCUT2D eigenvalue weighted by atomic mass is 32.2. The van der Waals surface area contributed by atoms with Crippen LogP contribution >= 0.6 is 11.8 Å². The molecule has 1 heterocycles. The van der Waals surface area contributed by atoms with Gasteiger partial charge in [0, 0.05) is 6.54 Å². The summed E-state index contributed by atoms with van der Waals surface area (Å²) in [6.07, 6.45) is 0. The molecule has 1 rings (SSSR count). The molecule has 0 radical (unpaired) electrons. The molecule has 19 heavy (non-hydrogen) atoms. The average Bonchev–Trinajstić information content (AvgIpc) is 2.82. The Kier molecular flexibility index (Phi) is 5.77. The lowest BCUT2D eigenvalue weighted by Crippen LogP contribution is -2.43. The number of halogens is 2. The first-order chi connectivity index (χ1) is 8.84. The number of nitrogens with one attached hydrogen (secondary N) is 1. The number of hydrogen-bond acceptors (Lipinski definition) is 5. The molecule has 3 N–H and O–H groups in total. The molecule has 0 aliphatic rings. The Morgan fingerprint density at radius 1 is 1.58 bits per heavy atom. The standard InChI is InChI=1S/C11H15F2NO4S/c1-11(17,6-15)5-14-9(16)8-3-2-7(18-8)4-19-10(12)13/h2-3,10,15,17H,4-6H2,1H3,(H,14,16). The van der Waals surface area contributed by atoms with E-state index in [4.69, 9.17) is 9.52 Å². The Bertz CT molecular complexity index is 423. The normalized spacial score (nSPS) is 14.4. The summed E-state index contributed by atoms with van der Waals surface area (Å²) in [4.78, 5) is 11.6. The summed E-state index contributed by atoms with van der Waals surface area (Å²) in [5.74, 6) is -2.87. The second-order valence-electron chi connectivity index (χ2n) is 4.18. The quantitative estimate of drug-likeness (QED) is 0.704. The van der Waals surface area contributed by atoms with E-state index >= 15 is 0 Å². The van der Waals surface area contributed by atoms with Crippen molar-refractivity contribution < 1.29 is 28.2 Å². The molecule has 1 aromatic rings. The molecule has 1 atom stereocenters. The smallest absolute Gasteiger partial charge is 0.287 e. The van der Waals surface area contributed by atoms with E-state index in [1.807, 2.05) is 0 Å². The number of rotatable bonds is 7. The lowest BCUT2D eigenvalue weighted by molar-refractivity contribution is 0.00299. The van der Waals surface area contributed by atoms with Crippen LogP contribution < -0.4 is 5.32 Å². The van der Waals surface area contributed by atoms with Crippen LogP contribution in [-0.2, 0) is 5.75 Å². The largest absolute Gasteiger partial charge is 0.455 e. The number of thioether (sulfide) groups is 1. The molecule has 0 saturated heterocycles. The fourth-order valence-electron chi connectivity index (χ4n) is 1.14. The monoisotopic (exact) mass is 295 g/mol. The number of aliphatic hydroxyl groups excluding tert-OH is 1. The summed E-state index contributed by atoms with van der Waals surface area (Å²) in [5, 5.41) is 20.7. The summed E-state index contributed by atoms with van der Waals surface area (Å²) in [6, 6.07) is 2.80. The molecule has 0 saturated carbocycles. The van der Waals surface area contributed by atoms with E-state index in [0.717, 1.165) is 0 Å². The highest BCUT2D eigenvalue weighted by Crippen LogP contribution is 2.21. The van der Waals surface area contributed by atoms with Crippen LogP contribution in [-0.4, -0.2) is 40.6 Å². The Morgan fingerprint density at radius 3 is 2.84 bits per heavy atom. The van der Waals surface area contributed by atoms with Crippen molar-refractivity contribution in [2.45, 2.75) is 24.0 Å². The third kappa shape index (κ3) is 5.58. The predicted molar refractivity (Wildman–Crippen MR) is 66.0 cm³/mol. The molecule has 0 aliphatic heterocycles. The maximum atomic E-state index is 12.0. The maximum absolute atomic E-state index is 12.0. The first-order valence-electron chi connectivity index (χ1n) is 5.44. The van der Waals surface area contributed by atoms with Gasteiger partial charge < -0.3 is 19.9 Å². The van der Waals surface area contributed by atoms with E-state index < -0.39 is 23.9 Å². The van der Waals surface area contributed by atoms with Gasteiger partial charge in [-0.2, -0.15) is 8.78 Å². The van der Waals surface area contributed by atoms with Gasteiger partial charge in [0.15, 0.2) is 5.76 Å². The van der Waals surface area contributed by atoms with Crippen LogP contribution in [0.2, 0.25) is 0 Å². The SMILES string of the molecule is CC(O)(CO)CNC(=O)c1ccc(CSC(F)F)o1. The van der Waals surface area contributed by atoms with Crippen LogP contribution in [0.4, 0.5) is 8.78 Å². The number of carbonyl (C=O) groups is 1. The number of carbonyl (C=O) groups excluding carboxylic acids is 1. The Labute approximate surface area is 113 Å². The van der Waals surface area contributed by atoms with E-state index in [1.165, 1.54) is 19.1 Å². The molecule has 1 aromatic heterocycles. The minimum Gasteiger partial charge on any atom is -0.455 e. The van der Waals surface area contributed by atoms with Gasteiger partial charge >= 0.3 is 0 Å². The number of hydrogen-bond donors (Lipinski definition) is 3. The number of alkyl halides is 2. The molecule has 0 aliphatic carbocycles. The number of amides is 1. The molecule has 0 fully saturated rings. The molecule has 0 spiro atoms. The van der Waals surface area contributed by atoms with E-state index in [9.17, 15) is 18.7 Å². The first-order valence-corrected chi connectivity index (χ1v) is 6.49. The van der Waals surface area contributed by atoms with Crippen LogP contribution in [0, 0.1) is 0 Å². The second-order valence-corrected chi connectivity index (χ2v) is 5.15. The lowest BCUT2D eigenvalue weighted by Gasteiger charge is -2.20.